The van der Waals surface area contributed by atoms with Crippen LogP contribution in [0.2, 0.25) is 0 Å². The van der Waals surface area contributed by atoms with Crippen molar-refractivity contribution in [3.05, 3.63) is 46.3 Å². The quantitative estimate of drug-likeness (QED) is 0.651. The predicted octanol–water partition coefficient (Wildman–Crippen LogP) is 4.13. The predicted molar refractivity (Wildman–Crippen MR) is 83.0 cm³/mol. The zero-order chi connectivity index (χ0) is 16.2. The van der Waals surface area contributed by atoms with Crippen LogP contribution in [0.3, 0.4) is 0 Å². The molecule has 120 valence electrons. The Morgan fingerprint density at radius 1 is 1.27 bits per heavy atom. The maximum absolute atomic E-state index is 12.4. The summed E-state index contributed by atoms with van der Waals surface area (Å²) in [4.78, 5) is 12.3. The molecule has 1 unspecified atom stereocenters. The molecular formula is C14H16BrO6P. The first-order valence-electron chi connectivity index (χ1n) is 6.72. The fraction of sp³-hybridized carbons (Fsp3) is 0.357. The van der Waals surface area contributed by atoms with Crippen molar-refractivity contribution in [3.8, 4) is 0 Å². The van der Waals surface area contributed by atoms with Gasteiger partial charge >= 0.3 is 13.1 Å². The van der Waals surface area contributed by atoms with E-state index in [0.717, 1.165) is 10.7 Å². The molecular weight excluding hydrogens is 375 g/mol. The largest absolute Gasteiger partial charge is 0.454 e. The maximum Gasteiger partial charge on any atom is 0.405 e. The summed E-state index contributed by atoms with van der Waals surface area (Å²) in [5.41, 5.74) is -0.130. The van der Waals surface area contributed by atoms with E-state index >= 15 is 0 Å². The number of halogens is 1. The van der Waals surface area contributed by atoms with Gasteiger partial charge in [-0.05, 0) is 19.9 Å². The number of allylic oxidation sites excluding steroid dienone is 1. The second-order valence-corrected chi connectivity index (χ2v) is 7.00. The standard InChI is InChI=1S/C14H16BrO6P/c1-3-19-22(17,20-4-2)13(16)12-9-18-14(21-12)10-7-5-6-8-11(10)15/h5-9,14H,3-4H2,1-2H3. The minimum atomic E-state index is -3.91. The summed E-state index contributed by atoms with van der Waals surface area (Å²) in [5, 5.41) is 0. The smallest absolute Gasteiger partial charge is 0.405 e. The molecule has 1 aliphatic heterocycles. The van der Waals surface area contributed by atoms with Crippen molar-refractivity contribution in [2.24, 2.45) is 0 Å². The summed E-state index contributed by atoms with van der Waals surface area (Å²) in [7, 11) is -3.91. The van der Waals surface area contributed by atoms with Gasteiger partial charge < -0.3 is 18.5 Å². The molecule has 0 bridgehead atoms. The first-order valence-corrected chi connectivity index (χ1v) is 9.06. The second kappa shape index (κ2) is 7.42. The van der Waals surface area contributed by atoms with Gasteiger partial charge in [0.1, 0.15) is 6.26 Å². The van der Waals surface area contributed by atoms with E-state index in [4.69, 9.17) is 18.5 Å². The molecule has 1 aromatic rings. The lowest BCUT2D eigenvalue weighted by Gasteiger charge is -2.16. The van der Waals surface area contributed by atoms with Crippen LogP contribution in [0.4, 0.5) is 0 Å². The number of hydrogen-bond acceptors (Lipinski definition) is 6. The highest BCUT2D eigenvalue weighted by Crippen LogP contribution is 2.52. The van der Waals surface area contributed by atoms with E-state index in [-0.39, 0.29) is 19.0 Å². The Labute approximate surface area is 137 Å². The zero-order valence-electron chi connectivity index (χ0n) is 12.2. The Morgan fingerprint density at radius 2 is 1.91 bits per heavy atom. The van der Waals surface area contributed by atoms with E-state index < -0.39 is 19.4 Å². The molecule has 1 heterocycles. The third-order valence-corrected chi connectivity index (χ3v) is 5.39. The number of rotatable bonds is 7. The van der Waals surface area contributed by atoms with Crippen molar-refractivity contribution in [2.45, 2.75) is 20.1 Å². The molecule has 0 amide bonds. The van der Waals surface area contributed by atoms with E-state index in [2.05, 4.69) is 15.9 Å². The average molecular weight is 391 g/mol. The van der Waals surface area contributed by atoms with Crippen LogP contribution < -0.4 is 0 Å². The van der Waals surface area contributed by atoms with E-state index in [9.17, 15) is 9.36 Å². The molecule has 2 rings (SSSR count). The minimum Gasteiger partial charge on any atom is -0.454 e. The Kier molecular flexibility index (Phi) is 5.81. The zero-order valence-corrected chi connectivity index (χ0v) is 14.6. The van der Waals surface area contributed by atoms with Crippen LogP contribution >= 0.6 is 23.5 Å². The van der Waals surface area contributed by atoms with Gasteiger partial charge in [0.2, 0.25) is 5.76 Å². The molecule has 0 N–H and O–H groups in total. The number of ether oxygens (including phenoxy) is 2. The lowest BCUT2D eigenvalue weighted by atomic mass is 10.2. The van der Waals surface area contributed by atoms with Crippen molar-refractivity contribution in [1.82, 2.24) is 0 Å². The van der Waals surface area contributed by atoms with Gasteiger partial charge in [-0.3, -0.25) is 9.36 Å². The van der Waals surface area contributed by atoms with Gasteiger partial charge in [0.05, 0.1) is 13.2 Å². The fourth-order valence-electron chi connectivity index (χ4n) is 1.83. The van der Waals surface area contributed by atoms with Crippen LogP contribution in [0, 0.1) is 0 Å². The highest BCUT2D eigenvalue weighted by Gasteiger charge is 2.41. The summed E-state index contributed by atoms with van der Waals surface area (Å²) < 4.78 is 34.0. The van der Waals surface area contributed by atoms with E-state index in [1.165, 1.54) is 0 Å². The Hall–Kier alpha value is -1.14. The topological polar surface area (TPSA) is 71.1 Å². The van der Waals surface area contributed by atoms with Crippen LogP contribution in [0.1, 0.15) is 25.7 Å². The van der Waals surface area contributed by atoms with Gasteiger partial charge in [-0.15, -0.1) is 0 Å². The van der Waals surface area contributed by atoms with Crippen LogP contribution in [-0.2, 0) is 27.9 Å². The molecule has 0 fully saturated rings. The minimum absolute atomic E-state index is 0.0881. The Bertz CT molecular complexity index is 620. The van der Waals surface area contributed by atoms with Gasteiger partial charge in [0.15, 0.2) is 0 Å². The van der Waals surface area contributed by atoms with Gasteiger partial charge in [0.25, 0.3) is 6.29 Å². The molecule has 1 aliphatic rings. The van der Waals surface area contributed by atoms with Crippen LogP contribution in [-0.4, -0.2) is 18.7 Å². The van der Waals surface area contributed by atoms with Crippen LogP contribution in [0.15, 0.2) is 40.8 Å². The molecule has 8 heteroatoms. The maximum atomic E-state index is 12.4. The van der Waals surface area contributed by atoms with Gasteiger partial charge in [-0.25, -0.2) is 0 Å². The fourth-order valence-corrected chi connectivity index (χ4v) is 3.66. The van der Waals surface area contributed by atoms with Crippen LogP contribution in [0.5, 0.6) is 0 Å². The van der Waals surface area contributed by atoms with Crippen molar-refractivity contribution < 1.29 is 27.9 Å². The van der Waals surface area contributed by atoms with Crippen molar-refractivity contribution in [1.29, 1.82) is 0 Å². The molecule has 0 radical (unpaired) electrons. The van der Waals surface area contributed by atoms with E-state index in [0.29, 0.717) is 5.56 Å². The van der Waals surface area contributed by atoms with E-state index in [1.807, 2.05) is 18.2 Å². The molecule has 0 saturated carbocycles. The molecule has 1 atom stereocenters. The Balaban J connectivity index is 2.13. The Morgan fingerprint density at radius 3 is 2.50 bits per heavy atom. The van der Waals surface area contributed by atoms with Crippen molar-refractivity contribution >= 4 is 29.1 Å². The number of carbonyl (C=O) groups is 1. The molecule has 22 heavy (non-hydrogen) atoms. The first-order chi connectivity index (χ1) is 10.5. The molecule has 1 aromatic carbocycles. The summed E-state index contributed by atoms with van der Waals surface area (Å²) in [5.74, 6) is -0.175. The lowest BCUT2D eigenvalue weighted by Crippen LogP contribution is -2.11. The molecule has 0 saturated heterocycles. The van der Waals surface area contributed by atoms with Gasteiger partial charge in [-0.1, -0.05) is 34.1 Å². The third-order valence-electron chi connectivity index (χ3n) is 2.75. The molecule has 6 nitrogen and oxygen atoms in total. The summed E-state index contributed by atoms with van der Waals surface area (Å²) in [6.07, 6.45) is 0.350. The molecule has 0 spiro atoms. The number of carbonyl (C=O) groups excluding carboxylic acids is 1. The monoisotopic (exact) mass is 390 g/mol. The highest BCUT2D eigenvalue weighted by molar-refractivity contribution is 9.10. The second-order valence-electron chi connectivity index (χ2n) is 4.23. The third kappa shape index (κ3) is 3.60. The van der Waals surface area contributed by atoms with Crippen molar-refractivity contribution in [3.63, 3.8) is 0 Å². The average Bonchev–Trinajstić information content (AvgIpc) is 2.97. The van der Waals surface area contributed by atoms with Gasteiger partial charge in [-0.2, -0.15) is 0 Å². The van der Waals surface area contributed by atoms with Crippen molar-refractivity contribution in [2.75, 3.05) is 13.2 Å². The molecule has 0 aromatic heterocycles. The highest BCUT2D eigenvalue weighted by atomic mass is 79.9. The normalized spacial score (nSPS) is 17.6. The summed E-state index contributed by atoms with van der Waals surface area (Å²) in [6, 6.07) is 7.28. The summed E-state index contributed by atoms with van der Waals surface area (Å²) in [6.45, 7) is 3.43. The van der Waals surface area contributed by atoms with Gasteiger partial charge in [0, 0.05) is 10.0 Å². The first kappa shape index (κ1) is 17.2. The lowest BCUT2D eigenvalue weighted by molar-refractivity contribution is -0.116. The molecule has 0 aliphatic carbocycles. The van der Waals surface area contributed by atoms with E-state index in [1.54, 1.807) is 19.9 Å². The SMILES string of the molecule is CCOP(=O)(OCC)C(=O)C1=COC(c2ccccc2Br)O1. The summed E-state index contributed by atoms with van der Waals surface area (Å²) >= 11 is 3.38. The number of hydrogen-bond donors (Lipinski definition) is 0. The van der Waals surface area contributed by atoms with Crippen LogP contribution in [0.25, 0.3) is 0 Å². The number of benzene rings is 1.